The average molecular weight is 407 g/mol. The SMILES string of the molecule is CCCn1ncc(N=Nc2n(CCCN)cc[n+]2CCCN)c1N.Cl.Cl. The lowest BCUT2D eigenvalue weighted by Crippen LogP contribution is -2.33. The first-order valence-electron chi connectivity index (χ1n) is 8.43. The Balaban J connectivity index is 0.00000312. The molecule has 0 aliphatic rings. The van der Waals surface area contributed by atoms with E-state index in [1.807, 2.05) is 21.5 Å². The zero-order valence-electron chi connectivity index (χ0n) is 15.1. The molecular weight excluding hydrogens is 377 g/mol. The summed E-state index contributed by atoms with van der Waals surface area (Å²) in [5.74, 6) is 1.30. The summed E-state index contributed by atoms with van der Waals surface area (Å²) < 4.78 is 5.82. The summed E-state index contributed by atoms with van der Waals surface area (Å²) in [6.45, 7) is 5.70. The number of anilines is 1. The number of rotatable bonds is 10. The van der Waals surface area contributed by atoms with E-state index < -0.39 is 0 Å². The van der Waals surface area contributed by atoms with Gasteiger partial charge in [0.1, 0.15) is 0 Å². The molecule has 0 atom stereocenters. The molecule has 2 heterocycles. The standard InChI is InChI=1S/C15H27N9.2ClH/c1-2-7-24-14(18)13(12-19-24)20-21-15-22(8-3-5-16)10-11-23(15)9-4-6-17;;/h10-12,18H,2-9,16-17H2,1H3;2*1H/p+1. The smallest absolute Gasteiger partial charge is 0.382 e. The molecule has 0 spiro atoms. The number of azo groups is 1. The highest BCUT2D eigenvalue weighted by Gasteiger charge is 2.17. The molecule has 0 bridgehead atoms. The third kappa shape index (κ3) is 6.24. The maximum atomic E-state index is 6.07. The average Bonchev–Trinajstić information content (AvgIpc) is 3.13. The van der Waals surface area contributed by atoms with Gasteiger partial charge in [-0.25, -0.2) is 13.8 Å². The first kappa shape index (κ1) is 24.3. The monoisotopic (exact) mass is 406 g/mol. The van der Waals surface area contributed by atoms with Gasteiger partial charge in [0, 0.05) is 11.7 Å². The van der Waals surface area contributed by atoms with E-state index in [9.17, 15) is 0 Å². The van der Waals surface area contributed by atoms with E-state index >= 15 is 0 Å². The fourth-order valence-corrected chi connectivity index (χ4v) is 2.40. The summed E-state index contributed by atoms with van der Waals surface area (Å²) in [5.41, 5.74) is 17.9. The van der Waals surface area contributed by atoms with Crippen molar-refractivity contribution in [2.75, 3.05) is 18.8 Å². The summed E-state index contributed by atoms with van der Waals surface area (Å²) in [6, 6.07) is 0. The second kappa shape index (κ2) is 12.6. The maximum Gasteiger partial charge on any atom is 0.421 e. The van der Waals surface area contributed by atoms with Crippen LogP contribution in [0.5, 0.6) is 0 Å². The molecule has 9 nitrogen and oxygen atoms in total. The molecule has 2 aromatic heterocycles. The van der Waals surface area contributed by atoms with Crippen LogP contribution in [0.15, 0.2) is 28.8 Å². The minimum atomic E-state index is 0. The third-order valence-corrected chi connectivity index (χ3v) is 3.69. The second-order valence-corrected chi connectivity index (χ2v) is 5.61. The number of nitrogens with zero attached hydrogens (tertiary/aromatic N) is 6. The largest absolute Gasteiger partial charge is 0.421 e. The number of aromatic nitrogens is 4. The molecule has 148 valence electrons. The maximum absolute atomic E-state index is 6.07. The lowest BCUT2D eigenvalue weighted by molar-refractivity contribution is -0.683. The van der Waals surface area contributed by atoms with Gasteiger partial charge in [-0.2, -0.15) is 5.10 Å². The van der Waals surface area contributed by atoms with Crippen LogP contribution >= 0.6 is 24.8 Å². The normalized spacial score (nSPS) is 10.7. The van der Waals surface area contributed by atoms with E-state index in [-0.39, 0.29) is 24.8 Å². The van der Waals surface area contributed by atoms with Crippen molar-refractivity contribution >= 4 is 42.3 Å². The van der Waals surface area contributed by atoms with Gasteiger partial charge in [0.2, 0.25) is 0 Å². The molecule has 6 N–H and O–H groups in total. The first-order chi connectivity index (χ1) is 11.7. The number of nitrogens with two attached hydrogens (primary N) is 3. The Labute approximate surface area is 166 Å². The summed E-state index contributed by atoms with van der Waals surface area (Å²) in [5, 5.41) is 13.0. The van der Waals surface area contributed by atoms with E-state index in [0.29, 0.717) is 24.6 Å². The molecule has 0 aromatic carbocycles. The Hall–Kier alpha value is -1.68. The second-order valence-electron chi connectivity index (χ2n) is 5.61. The van der Waals surface area contributed by atoms with Crippen LogP contribution in [0.2, 0.25) is 0 Å². The Morgan fingerprint density at radius 3 is 2.50 bits per heavy atom. The number of aryl methyl sites for hydroxylation is 3. The lowest BCUT2D eigenvalue weighted by atomic mass is 10.4. The highest BCUT2D eigenvalue weighted by molar-refractivity contribution is 5.85. The van der Waals surface area contributed by atoms with Crippen LogP contribution in [0.1, 0.15) is 26.2 Å². The Kier molecular flexibility index (Phi) is 11.8. The van der Waals surface area contributed by atoms with Crippen molar-refractivity contribution in [1.82, 2.24) is 14.3 Å². The molecule has 2 rings (SSSR count). The molecule has 0 amide bonds. The zero-order valence-corrected chi connectivity index (χ0v) is 16.8. The number of nitrogen functional groups attached to an aromatic ring is 1. The first-order valence-corrected chi connectivity index (χ1v) is 8.43. The predicted molar refractivity (Wildman–Crippen MR) is 108 cm³/mol. The highest BCUT2D eigenvalue weighted by Crippen LogP contribution is 2.23. The molecule has 0 saturated carbocycles. The molecule has 0 radical (unpaired) electrons. The summed E-state index contributed by atoms with van der Waals surface area (Å²) in [4.78, 5) is 0. The van der Waals surface area contributed by atoms with E-state index in [1.165, 1.54) is 0 Å². The molecule has 0 aliphatic carbocycles. The third-order valence-electron chi connectivity index (χ3n) is 3.69. The fraction of sp³-hybridized carbons (Fsp3) is 0.600. The van der Waals surface area contributed by atoms with Gasteiger partial charge in [0.05, 0.1) is 31.7 Å². The van der Waals surface area contributed by atoms with E-state index in [1.54, 1.807) is 10.9 Å². The zero-order chi connectivity index (χ0) is 17.4. The quantitative estimate of drug-likeness (QED) is 0.410. The van der Waals surface area contributed by atoms with Crippen molar-refractivity contribution < 1.29 is 4.57 Å². The van der Waals surface area contributed by atoms with Gasteiger partial charge >= 0.3 is 5.95 Å². The van der Waals surface area contributed by atoms with Crippen molar-refractivity contribution in [3.8, 4) is 0 Å². The van der Waals surface area contributed by atoms with Crippen LogP contribution in [0.25, 0.3) is 0 Å². The van der Waals surface area contributed by atoms with Crippen LogP contribution in [0.3, 0.4) is 0 Å². The molecule has 0 aliphatic heterocycles. The van der Waals surface area contributed by atoms with Crippen LogP contribution in [-0.2, 0) is 19.6 Å². The molecule has 0 saturated heterocycles. The van der Waals surface area contributed by atoms with Crippen molar-refractivity contribution in [3.63, 3.8) is 0 Å². The number of hydrogen-bond donors (Lipinski definition) is 3. The molecule has 11 heteroatoms. The predicted octanol–water partition coefficient (Wildman–Crippen LogP) is 1.92. The minimum absolute atomic E-state index is 0. The van der Waals surface area contributed by atoms with Gasteiger partial charge in [-0.3, -0.25) is 0 Å². The summed E-state index contributed by atoms with van der Waals surface area (Å²) in [6.07, 6.45) is 8.35. The van der Waals surface area contributed by atoms with Gasteiger partial charge in [-0.1, -0.05) is 12.0 Å². The van der Waals surface area contributed by atoms with Gasteiger partial charge < -0.3 is 17.2 Å². The van der Waals surface area contributed by atoms with Crippen LogP contribution < -0.4 is 21.8 Å². The molecular formula is C15H30Cl2N9+. The van der Waals surface area contributed by atoms with Gasteiger partial charge in [-0.15, -0.1) is 24.8 Å². The fourth-order valence-electron chi connectivity index (χ4n) is 2.40. The summed E-state index contributed by atoms with van der Waals surface area (Å²) in [7, 11) is 0. The van der Waals surface area contributed by atoms with Gasteiger partial charge in [0.25, 0.3) is 0 Å². The lowest BCUT2D eigenvalue weighted by Gasteiger charge is -2.00. The van der Waals surface area contributed by atoms with Crippen molar-refractivity contribution in [1.29, 1.82) is 0 Å². The van der Waals surface area contributed by atoms with E-state index in [4.69, 9.17) is 17.2 Å². The highest BCUT2D eigenvalue weighted by atomic mass is 35.5. The minimum Gasteiger partial charge on any atom is -0.382 e. The van der Waals surface area contributed by atoms with Crippen LogP contribution in [-0.4, -0.2) is 27.4 Å². The summed E-state index contributed by atoms with van der Waals surface area (Å²) >= 11 is 0. The van der Waals surface area contributed by atoms with Crippen molar-refractivity contribution in [2.45, 2.75) is 45.8 Å². The van der Waals surface area contributed by atoms with E-state index in [0.717, 1.165) is 44.8 Å². The molecule has 0 unspecified atom stereocenters. The van der Waals surface area contributed by atoms with Crippen LogP contribution in [0.4, 0.5) is 17.5 Å². The Bertz CT molecular complexity index is 641. The number of imidazole rings is 1. The van der Waals surface area contributed by atoms with Gasteiger partial charge in [-0.05, 0) is 32.4 Å². The van der Waals surface area contributed by atoms with Gasteiger partial charge in [0.15, 0.2) is 11.5 Å². The van der Waals surface area contributed by atoms with E-state index in [2.05, 4.69) is 22.3 Å². The Morgan fingerprint density at radius 2 is 1.85 bits per heavy atom. The van der Waals surface area contributed by atoms with Crippen molar-refractivity contribution in [3.05, 3.63) is 18.6 Å². The van der Waals surface area contributed by atoms with Crippen LogP contribution in [0, 0.1) is 0 Å². The number of hydrogen-bond acceptors (Lipinski definition) is 6. The number of halogens is 2. The molecule has 26 heavy (non-hydrogen) atoms. The topological polar surface area (TPSA) is 129 Å². The molecule has 2 aromatic rings. The molecule has 0 fully saturated rings. The Morgan fingerprint density at radius 1 is 1.12 bits per heavy atom. The van der Waals surface area contributed by atoms with Crippen molar-refractivity contribution in [2.24, 2.45) is 21.7 Å².